The first-order valence-electron chi connectivity index (χ1n) is 11.5. The van der Waals surface area contributed by atoms with Crippen molar-refractivity contribution in [2.45, 2.75) is 62.2 Å². The Kier molecular flexibility index (Phi) is 6.89. The number of rotatable bonds is 9. The fourth-order valence-electron chi connectivity index (χ4n) is 4.35. The van der Waals surface area contributed by atoms with Crippen LogP contribution in [-0.4, -0.2) is 71.9 Å². The van der Waals surface area contributed by atoms with Crippen LogP contribution in [0.1, 0.15) is 38.1 Å². The van der Waals surface area contributed by atoms with E-state index in [9.17, 15) is 26.0 Å². The zero-order valence-electron chi connectivity index (χ0n) is 19.9. The third-order valence-corrected chi connectivity index (χ3v) is 8.88. The monoisotopic (exact) mass is 563 g/mol. The third kappa shape index (κ3) is 5.57. The molecule has 1 saturated carbocycles. The van der Waals surface area contributed by atoms with E-state index in [-0.39, 0.29) is 29.1 Å². The van der Waals surface area contributed by atoms with E-state index in [0.717, 1.165) is 0 Å². The number of aromatic nitrogens is 4. The quantitative estimate of drug-likeness (QED) is 0.382. The molecule has 0 unspecified atom stereocenters. The average molecular weight is 564 g/mol. The second-order valence-corrected chi connectivity index (χ2v) is 12.3. The van der Waals surface area contributed by atoms with E-state index < -0.39 is 39.6 Å². The summed E-state index contributed by atoms with van der Waals surface area (Å²) in [6, 6.07) is 0.913. The molecule has 2 aliphatic rings. The topological polar surface area (TPSA) is 114 Å². The second kappa shape index (κ2) is 9.72. The van der Waals surface area contributed by atoms with Crippen LogP contribution in [-0.2, 0) is 14.8 Å². The van der Waals surface area contributed by atoms with Gasteiger partial charge in [-0.2, -0.15) is 8.78 Å². The normalized spacial score (nSPS) is 21.9. The van der Waals surface area contributed by atoms with Crippen LogP contribution in [0.4, 0.5) is 23.2 Å². The number of halogens is 4. The fraction of sp³-hybridized carbons (Fsp3) is 0.571. The molecule has 5 rings (SSSR count). The fourth-order valence-corrected chi connectivity index (χ4v) is 6.54. The molecule has 0 aromatic carbocycles. The van der Waals surface area contributed by atoms with Gasteiger partial charge in [0.25, 0.3) is 6.43 Å². The van der Waals surface area contributed by atoms with Gasteiger partial charge in [0, 0.05) is 36.9 Å². The van der Waals surface area contributed by atoms with E-state index in [1.54, 1.807) is 0 Å². The van der Waals surface area contributed by atoms with Crippen LogP contribution in [0.3, 0.4) is 0 Å². The molecular formula is C21H25F4N7O3S2. The van der Waals surface area contributed by atoms with Crippen LogP contribution in [0.25, 0.3) is 16.3 Å². The molecule has 0 radical (unpaired) electrons. The Morgan fingerprint density at radius 1 is 1.27 bits per heavy atom. The van der Waals surface area contributed by atoms with Crippen molar-refractivity contribution in [3.8, 4) is 10.7 Å². The van der Waals surface area contributed by atoms with Crippen LogP contribution in [0.2, 0.25) is 0 Å². The van der Waals surface area contributed by atoms with Gasteiger partial charge < -0.3 is 15.0 Å². The number of piperazine rings is 1. The van der Waals surface area contributed by atoms with Gasteiger partial charge in [0.2, 0.25) is 10.0 Å². The van der Waals surface area contributed by atoms with Gasteiger partial charge in [0.15, 0.2) is 15.7 Å². The molecule has 3 aromatic rings. The van der Waals surface area contributed by atoms with Gasteiger partial charge in [-0.1, -0.05) is 11.3 Å². The number of hydrogen-bond donors (Lipinski definition) is 2. The van der Waals surface area contributed by atoms with Crippen LogP contribution in [0.15, 0.2) is 23.4 Å². The first-order valence-corrected chi connectivity index (χ1v) is 13.8. The zero-order valence-corrected chi connectivity index (χ0v) is 21.5. The molecule has 10 nitrogen and oxygen atoms in total. The maximum Gasteiger partial charge on any atom is 0.345 e. The number of alkyl halides is 4. The molecule has 202 valence electrons. The lowest BCUT2D eigenvalue weighted by Gasteiger charge is -2.39. The Balaban J connectivity index is 1.60. The number of anilines is 1. The molecule has 1 saturated heterocycles. The van der Waals surface area contributed by atoms with Crippen molar-refractivity contribution < 1.29 is 30.7 Å². The Labute approximate surface area is 214 Å². The Bertz CT molecular complexity index is 1390. The molecule has 3 aromatic heterocycles. The van der Waals surface area contributed by atoms with Gasteiger partial charge in [-0.25, -0.2) is 26.9 Å². The minimum atomic E-state index is -3.96. The maximum atomic E-state index is 13.3. The number of hydrogen-bond acceptors (Lipinski definition) is 9. The summed E-state index contributed by atoms with van der Waals surface area (Å²) in [6.45, 7) is 1.21. The van der Waals surface area contributed by atoms with Crippen molar-refractivity contribution in [1.29, 1.82) is 0 Å². The Morgan fingerprint density at radius 3 is 2.68 bits per heavy atom. The van der Waals surface area contributed by atoms with E-state index in [4.69, 9.17) is 0 Å². The van der Waals surface area contributed by atoms with Crippen molar-refractivity contribution in [3.05, 3.63) is 23.5 Å². The molecule has 2 N–H and O–H groups in total. The first-order chi connectivity index (χ1) is 17.4. The summed E-state index contributed by atoms with van der Waals surface area (Å²) >= 11 is 0.689. The summed E-state index contributed by atoms with van der Waals surface area (Å²) in [5.74, 6) is 0. The van der Waals surface area contributed by atoms with Crippen molar-refractivity contribution in [3.63, 3.8) is 0 Å². The number of pyridine rings is 1. The standard InChI is InChI=1S/C21H25F4N7O3S2/c1-11-7-31(8-12(27-11)10-35-20(24)25)14-5-13(37(33,34)30-21(2)3-4-21)9-32-15(6-26-17(14)32)18-28-29-19(36-18)16(22)23/h5-6,9,11-12,16,20,27,30H,3-4,7-8,10H2,1-2H3/t11-,12+/m0/s1. The highest BCUT2D eigenvalue weighted by Gasteiger charge is 2.41. The van der Waals surface area contributed by atoms with Crippen LogP contribution in [0.5, 0.6) is 0 Å². The molecule has 16 heteroatoms. The molecule has 1 aliphatic heterocycles. The SMILES string of the molecule is C[C@H]1CN(c2cc(S(=O)(=O)NC3(C)CC3)cn3c(-c4nnc(C(F)F)s4)cnc23)C[C@H](COC(F)F)N1. The smallest absolute Gasteiger partial charge is 0.345 e. The van der Waals surface area contributed by atoms with Gasteiger partial charge in [-0.15, -0.1) is 10.2 Å². The van der Waals surface area contributed by atoms with Gasteiger partial charge >= 0.3 is 6.61 Å². The number of ether oxygens (including phenoxy) is 1. The van der Waals surface area contributed by atoms with Gasteiger partial charge in [-0.3, -0.25) is 4.40 Å². The van der Waals surface area contributed by atoms with E-state index in [1.165, 1.54) is 22.9 Å². The summed E-state index contributed by atoms with van der Waals surface area (Å²) in [4.78, 5) is 6.25. The lowest BCUT2D eigenvalue weighted by atomic mass is 10.1. The number of fused-ring (bicyclic) bond motifs is 1. The number of sulfonamides is 1. The number of nitrogens with zero attached hydrogens (tertiary/aromatic N) is 5. The molecule has 0 amide bonds. The molecule has 4 heterocycles. The summed E-state index contributed by atoms with van der Waals surface area (Å²) in [5, 5.41) is 10.3. The van der Waals surface area contributed by atoms with Crippen molar-refractivity contribution in [2.75, 3.05) is 24.6 Å². The highest BCUT2D eigenvalue weighted by molar-refractivity contribution is 7.89. The van der Waals surface area contributed by atoms with Crippen LogP contribution >= 0.6 is 11.3 Å². The summed E-state index contributed by atoms with van der Waals surface area (Å²) < 4.78 is 87.0. The van der Waals surface area contributed by atoms with Crippen molar-refractivity contribution in [1.82, 2.24) is 29.6 Å². The van der Waals surface area contributed by atoms with Crippen molar-refractivity contribution >= 4 is 32.7 Å². The molecule has 0 bridgehead atoms. The second-order valence-electron chi connectivity index (χ2n) is 9.57. The summed E-state index contributed by atoms with van der Waals surface area (Å²) in [5.41, 5.74) is 0.585. The highest BCUT2D eigenvalue weighted by atomic mass is 32.2. The van der Waals surface area contributed by atoms with E-state index in [0.29, 0.717) is 47.8 Å². The summed E-state index contributed by atoms with van der Waals surface area (Å²) in [6.07, 6.45) is 1.42. The molecule has 2 atom stereocenters. The zero-order chi connectivity index (χ0) is 26.5. The largest absolute Gasteiger partial charge is 0.365 e. The third-order valence-electron chi connectivity index (χ3n) is 6.32. The lowest BCUT2D eigenvalue weighted by molar-refractivity contribution is -0.134. The van der Waals surface area contributed by atoms with Gasteiger partial charge in [0.05, 0.1) is 18.5 Å². The Hall–Kier alpha value is -2.40. The van der Waals surface area contributed by atoms with Crippen molar-refractivity contribution in [2.24, 2.45) is 0 Å². The molecule has 2 fully saturated rings. The molecule has 0 spiro atoms. The summed E-state index contributed by atoms with van der Waals surface area (Å²) in [7, 11) is -3.96. The predicted octanol–water partition coefficient (Wildman–Crippen LogP) is 3.03. The van der Waals surface area contributed by atoms with Crippen LogP contribution < -0.4 is 14.9 Å². The lowest BCUT2D eigenvalue weighted by Crippen LogP contribution is -2.57. The van der Waals surface area contributed by atoms with Gasteiger partial charge in [-0.05, 0) is 32.8 Å². The predicted molar refractivity (Wildman–Crippen MR) is 128 cm³/mol. The minimum absolute atomic E-state index is 0.0486. The molecule has 37 heavy (non-hydrogen) atoms. The number of imidazole rings is 1. The first kappa shape index (κ1) is 26.2. The molecule has 1 aliphatic carbocycles. The molecular weight excluding hydrogens is 538 g/mol. The maximum absolute atomic E-state index is 13.3. The van der Waals surface area contributed by atoms with E-state index in [1.807, 2.05) is 18.7 Å². The Morgan fingerprint density at radius 2 is 2.03 bits per heavy atom. The average Bonchev–Trinajstić information content (AvgIpc) is 3.21. The van der Waals surface area contributed by atoms with Gasteiger partial charge in [0.1, 0.15) is 10.6 Å². The minimum Gasteiger partial charge on any atom is -0.365 e. The number of nitrogens with one attached hydrogen (secondary N) is 2. The van der Waals surface area contributed by atoms with Crippen LogP contribution in [0, 0.1) is 0 Å². The van der Waals surface area contributed by atoms with E-state index in [2.05, 4.69) is 30.0 Å². The highest BCUT2D eigenvalue weighted by Crippen LogP contribution is 2.37. The van der Waals surface area contributed by atoms with E-state index >= 15 is 0 Å².